The zero-order chi connectivity index (χ0) is 16.3. The topological polar surface area (TPSA) is 64.3 Å². The molecule has 0 aliphatic rings. The molecule has 1 unspecified atom stereocenters. The van der Waals surface area contributed by atoms with Gasteiger partial charge in [0, 0.05) is 6.54 Å². The lowest BCUT2D eigenvalue weighted by molar-refractivity contribution is 0.0505. The molecular weight excluding hydrogens is 264 g/mol. The third-order valence-corrected chi connectivity index (χ3v) is 3.11. The van der Waals surface area contributed by atoms with Crippen LogP contribution in [0, 0.1) is 0 Å². The monoisotopic (exact) mass is 292 g/mol. The number of amides is 1. The predicted molar refractivity (Wildman–Crippen MR) is 86.3 cm³/mol. The van der Waals surface area contributed by atoms with Crippen molar-refractivity contribution in [3.63, 3.8) is 0 Å². The van der Waals surface area contributed by atoms with Crippen molar-refractivity contribution in [3.8, 4) is 0 Å². The molecule has 1 atom stereocenters. The minimum Gasteiger partial charge on any atom is -0.444 e. The van der Waals surface area contributed by atoms with Gasteiger partial charge in [0.25, 0.3) is 0 Å². The molecule has 0 bridgehead atoms. The Morgan fingerprint density at radius 1 is 1.14 bits per heavy atom. The summed E-state index contributed by atoms with van der Waals surface area (Å²) in [5.41, 5.74) is 7.59. The van der Waals surface area contributed by atoms with Gasteiger partial charge in [0.2, 0.25) is 0 Å². The zero-order valence-electron chi connectivity index (χ0n) is 14.0. The van der Waals surface area contributed by atoms with Gasteiger partial charge in [-0.15, -0.1) is 0 Å². The number of nitrogens with two attached hydrogens (primary N) is 1. The van der Waals surface area contributed by atoms with Gasteiger partial charge in [0.1, 0.15) is 5.60 Å². The summed E-state index contributed by atoms with van der Waals surface area (Å²) in [6.07, 6.45) is -0.446. The molecular formula is C17H28N2O2. The smallest absolute Gasteiger partial charge is 0.408 e. The highest BCUT2D eigenvalue weighted by atomic mass is 16.6. The van der Waals surface area contributed by atoms with Crippen LogP contribution in [0.25, 0.3) is 0 Å². The van der Waals surface area contributed by atoms with Crippen LogP contribution in [-0.2, 0) is 10.2 Å². The highest BCUT2D eigenvalue weighted by molar-refractivity contribution is 5.68. The van der Waals surface area contributed by atoms with Crippen molar-refractivity contribution in [2.24, 2.45) is 5.73 Å². The van der Waals surface area contributed by atoms with Crippen LogP contribution in [-0.4, -0.2) is 18.2 Å². The first-order chi connectivity index (χ1) is 9.53. The van der Waals surface area contributed by atoms with Crippen LogP contribution in [0.2, 0.25) is 0 Å². The highest BCUT2D eigenvalue weighted by Crippen LogP contribution is 2.24. The van der Waals surface area contributed by atoms with Crippen LogP contribution in [0.1, 0.15) is 58.7 Å². The SMILES string of the molecule is CC(C)(C)OC(=O)NC(CN)c1ccc(C(C)(C)C)cc1. The van der Waals surface area contributed by atoms with Crippen LogP contribution < -0.4 is 11.1 Å². The molecule has 4 heteroatoms. The van der Waals surface area contributed by atoms with E-state index in [1.807, 2.05) is 32.9 Å². The largest absolute Gasteiger partial charge is 0.444 e. The van der Waals surface area contributed by atoms with Gasteiger partial charge < -0.3 is 15.8 Å². The van der Waals surface area contributed by atoms with E-state index in [-0.39, 0.29) is 11.5 Å². The molecule has 4 nitrogen and oxygen atoms in total. The average molecular weight is 292 g/mol. The second-order valence-electron chi connectivity index (χ2n) is 7.31. The second kappa shape index (κ2) is 6.48. The summed E-state index contributed by atoms with van der Waals surface area (Å²) in [6.45, 7) is 12.3. The molecule has 0 aromatic heterocycles. The van der Waals surface area contributed by atoms with Crippen molar-refractivity contribution in [2.45, 2.75) is 58.6 Å². The predicted octanol–water partition coefficient (Wildman–Crippen LogP) is 3.51. The number of hydrogen-bond acceptors (Lipinski definition) is 3. The van der Waals surface area contributed by atoms with Gasteiger partial charge >= 0.3 is 6.09 Å². The molecule has 3 N–H and O–H groups in total. The lowest BCUT2D eigenvalue weighted by Crippen LogP contribution is -2.37. The van der Waals surface area contributed by atoms with Gasteiger partial charge in [-0.05, 0) is 37.3 Å². The summed E-state index contributed by atoms with van der Waals surface area (Å²) in [4.78, 5) is 11.8. The lowest BCUT2D eigenvalue weighted by atomic mass is 9.86. The molecule has 0 fully saturated rings. The summed E-state index contributed by atoms with van der Waals surface area (Å²) in [6, 6.07) is 7.93. The number of alkyl carbamates (subject to hydrolysis) is 1. The molecule has 0 aliphatic heterocycles. The number of carbonyl (C=O) groups is 1. The molecule has 0 spiro atoms. The molecule has 0 radical (unpaired) electrons. The number of ether oxygens (including phenoxy) is 1. The Morgan fingerprint density at radius 3 is 2.05 bits per heavy atom. The van der Waals surface area contributed by atoms with E-state index in [2.05, 4.69) is 38.2 Å². The highest BCUT2D eigenvalue weighted by Gasteiger charge is 2.20. The summed E-state index contributed by atoms with van der Waals surface area (Å²) in [5, 5.41) is 2.81. The van der Waals surface area contributed by atoms with Crippen molar-refractivity contribution in [1.82, 2.24) is 5.32 Å². The van der Waals surface area contributed by atoms with E-state index in [4.69, 9.17) is 10.5 Å². The fourth-order valence-corrected chi connectivity index (χ4v) is 1.94. The van der Waals surface area contributed by atoms with Crippen LogP contribution in [0.15, 0.2) is 24.3 Å². The number of rotatable bonds is 3. The molecule has 0 saturated heterocycles. The summed E-state index contributed by atoms with van der Waals surface area (Å²) >= 11 is 0. The minimum atomic E-state index is -0.515. The van der Waals surface area contributed by atoms with E-state index in [1.54, 1.807) is 0 Å². The van der Waals surface area contributed by atoms with Gasteiger partial charge in [0.15, 0.2) is 0 Å². The summed E-state index contributed by atoms with van der Waals surface area (Å²) in [7, 11) is 0. The van der Waals surface area contributed by atoms with Crippen LogP contribution in [0.5, 0.6) is 0 Å². The maximum atomic E-state index is 11.8. The molecule has 21 heavy (non-hydrogen) atoms. The van der Waals surface area contributed by atoms with Gasteiger partial charge in [-0.25, -0.2) is 4.79 Å². The van der Waals surface area contributed by atoms with Crippen LogP contribution in [0.4, 0.5) is 4.79 Å². The molecule has 1 aromatic carbocycles. The van der Waals surface area contributed by atoms with Crippen molar-refractivity contribution in [2.75, 3.05) is 6.54 Å². The van der Waals surface area contributed by atoms with Gasteiger partial charge in [-0.2, -0.15) is 0 Å². The van der Waals surface area contributed by atoms with Gasteiger partial charge in [0.05, 0.1) is 6.04 Å². The minimum absolute atomic E-state index is 0.106. The molecule has 1 rings (SSSR count). The van der Waals surface area contributed by atoms with E-state index in [0.29, 0.717) is 6.54 Å². The molecule has 0 heterocycles. The van der Waals surface area contributed by atoms with Crippen LogP contribution in [0.3, 0.4) is 0 Å². The molecule has 1 aromatic rings. The van der Waals surface area contributed by atoms with Gasteiger partial charge in [-0.3, -0.25) is 0 Å². The van der Waals surface area contributed by atoms with E-state index in [9.17, 15) is 4.79 Å². The molecule has 1 amide bonds. The fourth-order valence-electron chi connectivity index (χ4n) is 1.94. The second-order valence-corrected chi connectivity index (χ2v) is 7.31. The molecule has 0 aliphatic carbocycles. The Labute approximate surface area is 128 Å². The van der Waals surface area contributed by atoms with Crippen molar-refractivity contribution < 1.29 is 9.53 Å². The molecule has 0 saturated carbocycles. The number of carbonyl (C=O) groups excluding carboxylic acids is 1. The van der Waals surface area contributed by atoms with Crippen molar-refractivity contribution in [3.05, 3.63) is 35.4 Å². The van der Waals surface area contributed by atoms with E-state index >= 15 is 0 Å². The Morgan fingerprint density at radius 2 is 1.67 bits per heavy atom. The van der Waals surface area contributed by atoms with Crippen LogP contribution >= 0.6 is 0 Å². The number of benzene rings is 1. The average Bonchev–Trinajstić information content (AvgIpc) is 2.33. The summed E-state index contributed by atoms with van der Waals surface area (Å²) in [5.74, 6) is 0. The zero-order valence-corrected chi connectivity index (χ0v) is 14.0. The number of nitrogens with one attached hydrogen (secondary N) is 1. The maximum Gasteiger partial charge on any atom is 0.408 e. The van der Waals surface area contributed by atoms with Crippen molar-refractivity contribution >= 4 is 6.09 Å². The quantitative estimate of drug-likeness (QED) is 0.896. The Kier molecular flexibility index (Phi) is 5.40. The van der Waals surface area contributed by atoms with Gasteiger partial charge in [-0.1, -0.05) is 45.0 Å². The van der Waals surface area contributed by atoms with Crippen molar-refractivity contribution in [1.29, 1.82) is 0 Å². The van der Waals surface area contributed by atoms with E-state index in [1.165, 1.54) is 5.56 Å². The third kappa shape index (κ3) is 5.76. The lowest BCUT2D eigenvalue weighted by Gasteiger charge is -2.24. The first kappa shape index (κ1) is 17.5. The normalized spacial score (nSPS) is 13.7. The summed E-state index contributed by atoms with van der Waals surface area (Å²) < 4.78 is 5.26. The Hall–Kier alpha value is -1.55. The first-order valence-corrected chi connectivity index (χ1v) is 7.33. The maximum absolute atomic E-state index is 11.8. The fraction of sp³-hybridized carbons (Fsp3) is 0.588. The molecule has 118 valence electrons. The third-order valence-electron chi connectivity index (χ3n) is 3.11. The van der Waals surface area contributed by atoms with E-state index < -0.39 is 11.7 Å². The van der Waals surface area contributed by atoms with E-state index in [0.717, 1.165) is 5.56 Å². The Balaban J connectivity index is 2.79. The number of hydrogen-bond donors (Lipinski definition) is 2. The standard InChI is InChI=1S/C17H28N2O2/c1-16(2,3)13-9-7-12(8-10-13)14(11-18)19-15(20)21-17(4,5)6/h7-10,14H,11,18H2,1-6H3,(H,19,20). The first-order valence-electron chi connectivity index (χ1n) is 7.33. The Bertz CT molecular complexity index is 467.